The number of carbonyl (C=O) groups excluding carboxylic acids is 1. The molecule has 2 nitrogen and oxygen atoms in total. The zero-order valence-corrected chi connectivity index (χ0v) is 19.7. The number of benzene rings is 2. The number of ether oxygens (including phenoxy) is 1. The molecule has 0 N–H and O–H groups in total. The van der Waals surface area contributed by atoms with Crippen molar-refractivity contribution in [2.24, 2.45) is 11.8 Å². The fraction of sp³-hybridized carbons (Fsp3) is 0.536. The topological polar surface area (TPSA) is 26.3 Å². The number of unbranched alkanes of at least 4 members (excludes halogenated alkanes) is 1. The van der Waals surface area contributed by atoms with Gasteiger partial charge in [0.15, 0.2) is 0 Å². The number of hydrogen-bond acceptors (Lipinski definition) is 2. The van der Waals surface area contributed by atoms with Crippen molar-refractivity contribution < 1.29 is 22.7 Å². The first-order valence-electron chi connectivity index (χ1n) is 12.3. The van der Waals surface area contributed by atoms with Crippen molar-refractivity contribution >= 4 is 5.97 Å². The molecular weight excluding hydrogens is 425 g/mol. The average Bonchev–Trinajstić information content (AvgIpc) is 2.82. The summed E-state index contributed by atoms with van der Waals surface area (Å²) < 4.78 is 41.4. The van der Waals surface area contributed by atoms with Crippen LogP contribution in [0.25, 0.3) is 11.1 Å². The molecule has 0 aromatic heterocycles. The van der Waals surface area contributed by atoms with E-state index in [1.807, 2.05) is 0 Å². The Kier molecular flexibility index (Phi) is 8.99. The smallest absolute Gasteiger partial charge is 0.420 e. The molecule has 1 aliphatic carbocycles. The highest BCUT2D eigenvalue weighted by Crippen LogP contribution is 2.39. The fourth-order valence-electron chi connectivity index (χ4n) is 5.01. The molecule has 0 aliphatic heterocycles. The molecule has 180 valence electrons. The van der Waals surface area contributed by atoms with Gasteiger partial charge < -0.3 is 4.74 Å². The number of carbonyl (C=O) groups is 1. The molecule has 0 spiro atoms. The van der Waals surface area contributed by atoms with E-state index in [0.29, 0.717) is 5.92 Å². The number of rotatable bonds is 9. The van der Waals surface area contributed by atoms with Crippen LogP contribution in [-0.4, -0.2) is 12.1 Å². The van der Waals surface area contributed by atoms with Crippen molar-refractivity contribution in [2.75, 3.05) is 0 Å². The molecule has 1 aliphatic rings. The maximum atomic E-state index is 12.3. The van der Waals surface area contributed by atoms with Gasteiger partial charge in [-0.3, -0.25) is 0 Å². The molecule has 3 rings (SSSR count). The molecule has 33 heavy (non-hydrogen) atoms. The monoisotopic (exact) mass is 460 g/mol. The van der Waals surface area contributed by atoms with Crippen LogP contribution >= 0.6 is 0 Å². The Balaban J connectivity index is 1.53. The van der Waals surface area contributed by atoms with Crippen LogP contribution in [0, 0.1) is 11.8 Å². The Hall–Kier alpha value is -2.30. The molecule has 0 heterocycles. The van der Waals surface area contributed by atoms with E-state index in [1.165, 1.54) is 75.5 Å². The molecule has 0 amide bonds. The van der Waals surface area contributed by atoms with Crippen LogP contribution in [0.15, 0.2) is 48.5 Å². The predicted octanol–water partition coefficient (Wildman–Crippen LogP) is 8.70. The molecular formula is C28H35F3O2. The zero-order valence-electron chi connectivity index (χ0n) is 19.7. The van der Waals surface area contributed by atoms with Gasteiger partial charge in [-0.2, -0.15) is 13.2 Å². The Bertz CT molecular complexity index is 864. The summed E-state index contributed by atoms with van der Waals surface area (Å²) in [6.07, 6.45) is 6.81. The minimum atomic E-state index is -5.00. The summed E-state index contributed by atoms with van der Waals surface area (Å²) in [7, 11) is 0. The molecule has 0 saturated heterocycles. The van der Waals surface area contributed by atoms with Crippen LogP contribution in [0.2, 0.25) is 0 Å². The van der Waals surface area contributed by atoms with Crippen LogP contribution in [0.4, 0.5) is 13.2 Å². The molecule has 1 saturated carbocycles. The van der Waals surface area contributed by atoms with Gasteiger partial charge in [0.05, 0.1) is 0 Å². The quantitative estimate of drug-likeness (QED) is 0.276. The Morgan fingerprint density at radius 1 is 0.939 bits per heavy atom. The van der Waals surface area contributed by atoms with Crippen molar-refractivity contribution in [3.63, 3.8) is 0 Å². The standard InChI is InChI=1S/C28H35F3O2/c1-3-5-6-20(4-2)19-21-7-9-22(10-8-21)23-11-13-24(14-12-23)25-15-17-26(18-16-25)33-27(32)28(29,30)31/h11-18,20-22H,3-10,19H2,1-2H3. The maximum Gasteiger partial charge on any atom is 0.491 e. The van der Waals surface area contributed by atoms with E-state index in [9.17, 15) is 18.0 Å². The predicted molar refractivity (Wildman–Crippen MR) is 126 cm³/mol. The lowest BCUT2D eigenvalue weighted by molar-refractivity contribution is -0.189. The van der Waals surface area contributed by atoms with E-state index >= 15 is 0 Å². The molecule has 1 fully saturated rings. The largest absolute Gasteiger partial charge is 0.491 e. The molecule has 0 radical (unpaired) electrons. The summed E-state index contributed by atoms with van der Waals surface area (Å²) in [6, 6.07) is 14.6. The van der Waals surface area contributed by atoms with Crippen LogP contribution in [0.5, 0.6) is 5.75 Å². The van der Waals surface area contributed by atoms with Crippen molar-refractivity contribution in [2.45, 2.75) is 83.7 Å². The summed E-state index contributed by atoms with van der Waals surface area (Å²) in [5, 5.41) is 0. The van der Waals surface area contributed by atoms with Crippen molar-refractivity contribution in [3.8, 4) is 16.9 Å². The summed E-state index contributed by atoms with van der Waals surface area (Å²) in [5.41, 5.74) is 3.23. The van der Waals surface area contributed by atoms with Crippen molar-refractivity contribution in [3.05, 3.63) is 54.1 Å². The number of hydrogen-bond donors (Lipinski definition) is 0. The second kappa shape index (κ2) is 11.7. The van der Waals surface area contributed by atoms with Crippen molar-refractivity contribution in [1.29, 1.82) is 0 Å². The highest BCUT2D eigenvalue weighted by Gasteiger charge is 2.41. The number of alkyl halides is 3. The highest BCUT2D eigenvalue weighted by atomic mass is 19.4. The minimum Gasteiger partial charge on any atom is -0.420 e. The molecule has 2 aromatic carbocycles. The van der Waals surface area contributed by atoms with E-state index in [2.05, 4.69) is 42.8 Å². The van der Waals surface area contributed by atoms with Gasteiger partial charge in [-0.1, -0.05) is 75.9 Å². The lowest BCUT2D eigenvalue weighted by Crippen LogP contribution is -2.27. The summed E-state index contributed by atoms with van der Waals surface area (Å²) in [6.45, 7) is 4.60. The number of halogens is 3. The van der Waals surface area contributed by atoms with Gasteiger partial charge in [0.2, 0.25) is 0 Å². The van der Waals surface area contributed by atoms with Gasteiger partial charge in [0.1, 0.15) is 5.75 Å². The van der Waals surface area contributed by atoms with E-state index in [4.69, 9.17) is 0 Å². The molecule has 1 unspecified atom stereocenters. The van der Waals surface area contributed by atoms with E-state index in [1.54, 1.807) is 12.1 Å². The molecule has 0 bridgehead atoms. The van der Waals surface area contributed by atoms with Crippen LogP contribution in [-0.2, 0) is 4.79 Å². The third-order valence-electron chi connectivity index (χ3n) is 7.07. The van der Waals surface area contributed by atoms with E-state index < -0.39 is 12.1 Å². The minimum absolute atomic E-state index is 0.116. The van der Waals surface area contributed by atoms with Crippen molar-refractivity contribution in [1.82, 2.24) is 0 Å². The Labute approximate surface area is 195 Å². The normalized spacial score (nSPS) is 19.8. The maximum absolute atomic E-state index is 12.3. The SMILES string of the molecule is CCCCC(CC)CC1CCC(c2ccc(-c3ccc(OC(=O)C(F)(F)F)cc3)cc2)CC1. The Morgan fingerprint density at radius 3 is 2.03 bits per heavy atom. The first-order valence-corrected chi connectivity index (χ1v) is 12.3. The second-order valence-electron chi connectivity index (χ2n) is 9.40. The van der Waals surface area contributed by atoms with Gasteiger partial charge in [-0.15, -0.1) is 0 Å². The van der Waals surface area contributed by atoms with Gasteiger partial charge >= 0.3 is 12.1 Å². The zero-order chi connectivity index (χ0) is 23.8. The van der Waals surface area contributed by atoms with Gasteiger partial charge in [0, 0.05) is 0 Å². The summed E-state index contributed by atoms with van der Waals surface area (Å²) in [5.74, 6) is 0.0339. The molecule has 2 aromatic rings. The van der Waals surface area contributed by atoms with Crippen LogP contribution < -0.4 is 4.74 Å². The molecule has 1 atom stereocenters. The first kappa shape index (κ1) is 25.3. The van der Waals surface area contributed by atoms with Gasteiger partial charge in [-0.25, -0.2) is 4.79 Å². The first-order chi connectivity index (χ1) is 15.8. The second-order valence-corrected chi connectivity index (χ2v) is 9.40. The molecule has 5 heteroatoms. The summed E-state index contributed by atoms with van der Waals surface area (Å²) in [4.78, 5) is 11.0. The Morgan fingerprint density at radius 2 is 1.52 bits per heavy atom. The number of esters is 1. The van der Waals surface area contributed by atoms with E-state index in [-0.39, 0.29) is 5.75 Å². The average molecular weight is 461 g/mol. The summed E-state index contributed by atoms with van der Waals surface area (Å²) >= 11 is 0. The fourth-order valence-corrected chi connectivity index (χ4v) is 5.01. The lowest BCUT2D eigenvalue weighted by Gasteiger charge is -2.31. The highest BCUT2D eigenvalue weighted by molar-refractivity contribution is 5.78. The van der Waals surface area contributed by atoms with Gasteiger partial charge in [0.25, 0.3) is 0 Å². The lowest BCUT2D eigenvalue weighted by atomic mass is 9.74. The van der Waals surface area contributed by atoms with Gasteiger partial charge in [-0.05, 0) is 78.7 Å². The third kappa shape index (κ3) is 7.35. The van der Waals surface area contributed by atoms with Crippen LogP contribution in [0.1, 0.15) is 83.1 Å². The third-order valence-corrected chi connectivity index (χ3v) is 7.07. The van der Waals surface area contributed by atoms with Crippen LogP contribution in [0.3, 0.4) is 0 Å². The van der Waals surface area contributed by atoms with E-state index in [0.717, 1.165) is 23.0 Å².